The van der Waals surface area contributed by atoms with Crippen LogP contribution in [-0.4, -0.2) is 53.2 Å². The van der Waals surface area contributed by atoms with E-state index in [-0.39, 0.29) is 12.5 Å². The van der Waals surface area contributed by atoms with Crippen LogP contribution in [0, 0.1) is 5.92 Å². The third kappa shape index (κ3) is 4.43. The number of piperidine rings is 1. The first-order valence-electron chi connectivity index (χ1n) is 8.30. The van der Waals surface area contributed by atoms with Crippen LogP contribution >= 0.6 is 11.3 Å². The fraction of sp³-hybridized carbons (Fsp3) is 0.529. The SMILES string of the molecule is CC1CCN(CC(O)CNC(=O)c2csc(-c3ccco3)n2)CC1. The predicted molar refractivity (Wildman–Crippen MR) is 93.0 cm³/mol. The summed E-state index contributed by atoms with van der Waals surface area (Å²) in [6, 6.07) is 3.60. The zero-order valence-corrected chi connectivity index (χ0v) is 14.6. The highest BCUT2D eigenvalue weighted by Gasteiger charge is 2.19. The van der Waals surface area contributed by atoms with Gasteiger partial charge in [-0.25, -0.2) is 4.98 Å². The molecule has 3 rings (SSSR count). The number of aromatic nitrogens is 1. The van der Waals surface area contributed by atoms with Gasteiger partial charge in [0, 0.05) is 18.5 Å². The summed E-state index contributed by atoms with van der Waals surface area (Å²) in [6.07, 6.45) is 3.36. The van der Waals surface area contributed by atoms with Crippen LogP contribution in [-0.2, 0) is 0 Å². The fourth-order valence-corrected chi connectivity index (χ4v) is 3.57. The van der Waals surface area contributed by atoms with E-state index in [1.807, 2.05) is 6.07 Å². The van der Waals surface area contributed by atoms with E-state index in [0.717, 1.165) is 19.0 Å². The minimum atomic E-state index is -0.564. The molecule has 1 atom stereocenters. The van der Waals surface area contributed by atoms with Crippen LogP contribution in [0.4, 0.5) is 0 Å². The number of hydrogen-bond donors (Lipinski definition) is 2. The highest BCUT2D eigenvalue weighted by atomic mass is 32.1. The molecule has 1 amide bonds. The van der Waals surface area contributed by atoms with Crippen LogP contribution in [0.1, 0.15) is 30.3 Å². The van der Waals surface area contributed by atoms with Gasteiger partial charge in [-0.15, -0.1) is 11.3 Å². The van der Waals surface area contributed by atoms with E-state index in [0.29, 0.717) is 23.0 Å². The summed E-state index contributed by atoms with van der Waals surface area (Å²) >= 11 is 1.36. The highest BCUT2D eigenvalue weighted by Crippen LogP contribution is 2.23. The number of carbonyl (C=O) groups is 1. The number of rotatable bonds is 6. The lowest BCUT2D eigenvalue weighted by atomic mass is 9.99. The molecule has 0 aromatic carbocycles. The van der Waals surface area contributed by atoms with Gasteiger partial charge in [0.1, 0.15) is 5.69 Å². The molecule has 6 nitrogen and oxygen atoms in total. The number of nitrogens with one attached hydrogen (secondary N) is 1. The van der Waals surface area contributed by atoms with E-state index in [2.05, 4.69) is 22.1 Å². The van der Waals surface area contributed by atoms with Crippen molar-refractivity contribution in [3.05, 3.63) is 29.5 Å². The van der Waals surface area contributed by atoms with Gasteiger partial charge in [0.05, 0.1) is 12.4 Å². The molecule has 2 N–H and O–H groups in total. The maximum atomic E-state index is 12.1. The van der Waals surface area contributed by atoms with E-state index in [4.69, 9.17) is 4.42 Å². The van der Waals surface area contributed by atoms with Gasteiger partial charge < -0.3 is 19.7 Å². The first-order valence-corrected chi connectivity index (χ1v) is 9.18. The number of hydrogen-bond acceptors (Lipinski definition) is 6. The smallest absolute Gasteiger partial charge is 0.270 e. The molecule has 0 spiro atoms. The number of carbonyl (C=O) groups excluding carboxylic acids is 1. The number of aliphatic hydroxyl groups excluding tert-OH is 1. The molecule has 2 aromatic rings. The average molecular weight is 349 g/mol. The fourth-order valence-electron chi connectivity index (χ4n) is 2.80. The molecule has 0 radical (unpaired) electrons. The van der Waals surface area contributed by atoms with Gasteiger partial charge >= 0.3 is 0 Å². The lowest BCUT2D eigenvalue weighted by molar-refractivity contribution is 0.0793. The highest BCUT2D eigenvalue weighted by molar-refractivity contribution is 7.13. The summed E-state index contributed by atoms with van der Waals surface area (Å²) in [4.78, 5) is 18.7. The van der Waals surface area contributed by atoms with Crippen molar-refractivity contribution in [1.29, 1.82) is 0 Å². The summed E-state index contributed by atoms with van der Waals surface area (Å²) in [5, 5.41) is 15.3. The third-order valence-electron chi connectivity index (χ3n) is 4.31. The van der Waals surface area contributed by atoms with Crippen molar-refractivity contribution < 1.29 is 14.3 Å². The number of likely N-dealkylation sites (tertiary alicyclic amines) is 1. The van der Waals surface area contributed by atoms with E-state index in [1.165, 1.54) is 24.2 Å². The lowest BCUT2D eigenvalue weighted by Gasteiger charge is -2.31. The second-order valence-corrected chi connectivity index (χ2v) is 7.22. The van der Waals surface area contributed by atoms with Crippen molar-refractivity contribution in [2.45, 2.75) is 25.9 Å². The maximum absolute atomic E-state index is 12.1. The van der Waals surface area contributed by atoms with Gasteiger partial charge in [-0.2, -0.15) is 0 Å². The number of β-amino-alcohol motifs (C(OH)–C–C–N with tert-alkyl or cyclic N) is 1. The first kappa shape index (κ1) is 17.1. The zero-order chi connectivity index (χ0) is 16.9. The summed E-state index contributed by atoms with van der Waals surface area (Å²) in [5.41, 5.74) is 0.352. The summed E-state index contributed by atoms with van der Waals surface area (Å²) in [5.74, 6) is 1.15. The van der Waals surface area contributed by atoms with Crippen molar-refractivity contribution in [3.63, 3.8) is 0 Å². The molecule has 1 fully saturated rings. The van der Waals surface area contributed by atoms with E-state index in [1.54, 1.807) is 17.7 Å². The van der Waals surface area contributed by atoms with Crippen molar-refractivity contribution in [2.24, 2.45) is 5.92 Å². The van der Waals surface area contributed by atoms with Crippen LogP contribution in [0.25, 0.3) is 10.8 Å². The largest absolute Gasteiger partial charge is 0.462 e. The molecule has 3 heterocycles. The maximum Gasteiger partial charge on any atom is 0.270 e. The molecular weight excluding hydrogens is 326 g/mol. The van der Waals surface area contributed by atoms with Crippen LogP contribution in [0.15, 0.2) is 28.2 Å². The predicted octanol–water partition coefficient (Wildman–Crippen LogP) is 2.23. The molecule has 1 unspecified atom stereocenters. The summed E-state index contributed by atoms with van der Waals surface area (Å²) in [7, 11) is 0. The Morgan fingerprint density at radius 2 is 2.33 bits per heavy atom. The van der Waals surface area contributed by atoms with E-state index >= 15 is 0 Å². The minimum Gasteiger partial charge on any atom is -0.462 e. The molecule has 1 aliphatic rings. The van der Waals surface area contributed by atoms with Gasteiger partial charge in [0.15, 0.2) is 10.8 Å². The second kappa shape index (κ2) is 7.92. The van der Waals surface area contributed by atoms with Crippen molar-refractivity contribution in [1.82, 2.24) is 15.2 Å². The Kier molecular flexibility index (Phi) is 5.65. The summed E-state index contributed by atoms with van der Waals surface area (Å²) < 4.78 is 5.27. The average Bonchev–Trinajstić information content (AvgIpc) is 3.25. The van der Waals surface area contributed by atoms with Crippen molar-refractivity contribution in [3.8, 4) is 10.8 Å². The Balaban J connectivity index is 1.45. The quantitative estimate of drug-likeness (QED) is 0.836. The topological polar surface area (TPSA) is 78.6 Å². The molecule has 1 saturated heterocycles. The number of thiazole rings is 1. The van der Waals surface area contributed by atoms with Gasteiger partial charge in [0.25, 0.3) is 5.91 Å². The van der Waals surface area contributed by atoms with Crippen molar-refractivity contribution in [2.75, 3.05) is 26.2 Å². The van der Waals surface area contributed by atoms with Gasteiger partial charge in [-0.05, 0) is 44.0 Å². The van der Waals surface area contributed by atoms with Crippen molar-refractivity contribution >= 4 is 17.2 Å². The Hall–Kier alpha value is -1.70. The van der Waals surface area contributed by atoms with Crippen LogP contribution in [0.2, 0.25) is 0 Å². The third-order valence-corrected chi connectivity index (χ3v) is 5.17. The van der Waals surface area contributed by atoms with Gasteiger partial charge in [-0.1, -0.05) is 6.92 Å². The number of amides is 1. The van der Waals surface area contributed by atoms with Gasteiger partial charge in [-0.3, -0.25) is 4.79 Å². The number of furan rings is 1. The van der Waals surface area contributed by atoms with E-state index < -0.39 is 6.10 Å². The normalized spacial score (nSPS) is 17.8. The molecule has 7 heteroatoms. The van der Waals surface area contributed by atoms with Crippen LogP contribution < -0.4 is 5.32 Å². The van der Waals surface area contributed by atoms with Gasteiger partial charge in [0.2, 0.25) is 0 Å². The van der Waals surface area contributed by atoms with Crippen LogP contribution in [0.3, 0.4) is 0 Å². The standard InChI is InChI=1S/C17H23N3O3S/c1-12-4-6-20(7-5-12)10-13(21)9-18-16(22)14-11-24-17(19-14)15-3-2-8-23-15/h2-3,8,11-13,21H,4-7,9-10H2,1H3,(H,18,22). The number of nitrogens with zero attached hydrogens (tertiary/aromatic N) is 2. The Morgan fingerprint density at radius 1 is 1.54 bits per heavy atom. The monoisotopic (exact) mass is 349 g/mol. The molecule has 1 aliphatic heterocycles. The minimum absolute atomic E-state index is 0.235. The molecule has 0 saturated carbocycles. The molecule has 24 heavy (non-hydrogen) atoms. The summed E-state index contributed by atoms with van der Waals surface area (Å²) in [6.45, 7) is 5.13. The van der Waals surface area contributed by atoms with Crippen LogP contribution in [0.5, 0.6) is 0 Å². The Bertz CT molecular complexity index is 648. The molecule has 2 aromatic heterocycles. The molecule has 130 valence electrons. The Morgan fingerprint density at radius 3 is 3.04 bits per heavy atom. The molecule has 0 aliphatic carbocycles. The zero-order valence-electron chi connectivity index (χ0n) is 13.8. The Labute approximate surface area is 145 Å². The molecule has 0 bridgehead atoms. The molecular formula is C17H23N3O3S. The second-order valence-electron chi connectivity index (χ2n) is 6.36. The lowest BCUT2D eigenvalue weighted by Crippen LogP contribution is -2.43. The number of aliphatic hydroxyl groups is 1. The first-order chi connectivity index (χ1) is 11.6. The van der Waals surface area contributed by atoms with E-state index in [9.17, 15) is 9.90 Å².